The van der Waals surface area contributed by atoms with Crippen molar-refractivity contribution in [2.45, 2.75) is 25.3 Å². The van der Waals surface area contributed by atoms with Gasteiger partial charge in [-0.25, -0.2) is 9.97 Å². The van der Waals surface area contributed by atoms with Crippen molar-refractivity contribution in [1.29, 1.82) is 0 Å². The number of likely N-dealkylation sites (tertiary alicyclic amines) is 1. The Bertz CT molecular complexity index is 878. The number of amides is 1. The van der Waals surface area contributed by atoms with E-state index in [0.29, 0.717) is 17.3 Å². The van der Waals surface area contributed by atoms with Crippen molar-refractivity contribution in [3.05, 3.63) is 59.3 Å². The molecule has 0 unspecified atom stereocenters. The molecule has 0 spiro atoms. The van der Waals surface area contributed by atoms with Crippen LogP contribution in [0.4, 0.5) is 0 Å². The number of para-hydroxylation sites is 1. The fraction of sp³-hybridized carbons (Fsp3) is 0.278. The van der Waals surface area contributed by atoms with Crippen LogP contribution in [0.3, 0.4) is 0 Å². The Morgan fingerprint density at radius 1 is 1.29 bits per heavy atom. The Kier molecular flexibility index (Phi) is 3.94. The van der Waals surface area contributed by atoms with Crippen LogP contribution in [0.25, 0.3) is 10.9 Å². The van der Waals surface area contributed by atoms with Crippen LogP contribution in [0.1, 0.15) is 41.6 Å². The lowest BCUT2D eigenvalue weighted by molar-refractivity contribution is 0.0595. The van der Waals surface area contributed by atoms with E-state index in [9.17, 15) is 4.79 Å². The first-order valence-electron chi connectivity index (χ1n) is 8.09. The van der Waals surface area contributed by atoms with E-state index in [1.165, 1.54) is 0 Å². The molecule has 0 aliphatic carbocycles. The Balaban J connectivity index is 1.71. The molecule has 0 saturated carbocycles. The first-order valence-corrected chi connectivity index (χ1v) is 8.47. The minimum absolute atomic E-state index is 0.0340. The van der Waals surface area contributed by atoms with Gasteiger partial charge in [0.2, 0.25) is 0 Å². The van der Waals surface area contributed by atoms with Gasteiger partial charge in [-0.3, -0.25) is 4.79 Å². The number of aromatic nitrogens is 3. The number of rotatable bonds is 2. The molecule has 4 rings (SSSR count). The summed E-state index contributed by atoms with van der Waals surface area (Å²) in [6, 6.07) is 9.22. The number of halogens is 1. The number of carbonyl (C=O) groups excluding carboxylic acids is 1. The summed E-state index contributed by atoms with van der Waals surface area (Å²) >= 11 is 6.35. The molecule has 1 aliphatic rings. The number of carbonyl (C=O) groups is 1. The molecule has 1 saturated heterocycles. The van der Waals surface area contributed by atoms with Crippen LogP contribution in [0, 0.1) is 0 Å². The molecule has 2 aromatic heterocycles. The minimum Gasteiger partial charge on any atom is -0.347 e. The van der Waals surface area contributed by atoms with Crippen LogP contribution in [-0.2, 0) is 0 Å². The third kappa shape index (κ3) is 2.65. The van der Waals surface area contributed by atoms with Gasteiger partial charge < -0.3 is 9.88 Å². The van der Waals surface area contributed by atoms with Crippen molar-refractivity contribution in [2.75, 3.05) is 6.54 Å². The molecule has 1 atom stereocenters. The summed E-state index contributed by atoms with van der Waals surface area (Å²) < 4.78 is 0. The van der Waals surface area contributed by atoms with Gasteiger partial charge in [0, 0.05) is 24.3 Å². The number of imidazole rings is 1. The molecule has 1 amide bonds. The zero-order valence-electron chi connectivity index (χ0n) is 13.1. The lowest BCUT2D eigenvalue weighted by Crippen LogP contribution is -2.39. The average molecular weight is 341 g/mol. The van der Waals surface area contributed by atoms with Gasteiger partial charge in [0.25, 0.3) is 5.91 Å². The normalized spacial score (nSPS) is 18.0. The van der Waals surface area contributed by atoms with Gasteiger partial charge in [0.15, 0.2) is 0 Å². The molecule has 3 heterocycles. The molecule has 1 N–H and O–H groups in total. The third-order valence-corrected chi connectivity index (χ3v) is 4.80. The van der Waals surface area contributed by atoms with Crippen LogP contribution < -0.4 is 0 Å². The molecule has 1 fully saturated rings. The van der Waals surface area contributed by atoms with Gasteiger partial charge >= 0.3 is 0 Å². The van der Waals surface area contributed by atoms with Crippen molar-refractivity contribution in [3.63, 3.8) is 0 Å². The molecule has 3 aromatic rings. The number of aromatic amines is 1. The van der Waals surface area contributed by atoms with E-state index < -0.39 is 0 Å². The summed E-state index contributed by atoms with van der Waals surface area (Å²) in [5.74, 6) is 0.735. The fourth-order valence-electron chi connectivity index (χ4n) is 3.31. The minimum atomic E-state index is -0.0937. The largest absolute Gasteiger partial charge is 0.347 e. The van der Waals surface area contributed by atoms with Crippen molar-refractivity contribution in [1.82, 2.24) is 19.9 Å². The number of H-pyrrole nitrogens is 1. The van der Waals surface area contributed by atoms with Gasteiger partial charge in [0.1, 0.15) is 11.5 Å². The quantitative estimate of drug-likeness (QED) is 0.767. The molecule has 0 radical (unpaired) electrons. The maximum Gasteiger partial charge on any atom is 0.273 e. The van der Waals surface area contributed by atoms with E-state index in [1.807, 2.05) is 29.2 Å². The van der Waals surface area contributed by atoms with Crippen LogP contribution in [0.15, 0.2) is 42.7 Å². The summed E-state index contributed by atoms with van der Waals surface area (Å²) in [5.41, 5.74) is 1.12. The number of fused-ring (bicyclic) bond motifs is 1. The highest BCUT2D eigenvalue weighted by Crippen LogP contribution is 2.31. The van der Waals surface area contributed by atoms with Gasteiger partial charge in [-0.1, -0.05) is 29.8 Å². The van der Waals surface area contributed by atoms with Crippen molar-refractivity contribution < 1.29 is 4.79 Å². The second-order valence-corrected chi connectivity index (χ2v) is 6.40. The number of nitrogens with one attached hydrogen (secondary N) is 1. The van der Waals surface area contributed by atoms with Crippen molar-refractivity contribution >= 4 is 28.4 Å². The van der Waals surface area contributed by atoms with Crippen molar-refractivity contribution in [3.8, 4) is 0 Å². The monoisotopic (exact) mass is 340 g/mol. The van der Waals surface area contributed by atoms with Gasteiger partial charge in [-0.2, -0.15) is 0 Å². The fourth-order valence-corrected chi connectivity index (χ4v) is 3.57. The van der Waals surface area contributed by atoms with Gasteiger partial charge in [-0.15, -0.1) is 0 Å². The predicted molar refractivity (Wildman–Crippen MR) is 93.0 cm³/mol. The molecule has 1 aromatic carbocycles. The maximum atomic E-state index is 13.1. The van der Waals surface area contributed by atoms with E-state index in [4.69, 9.17) is 11.6 Å². The molecule has 24 heavy (non-hydrogen) atoms. The van der Waals surface area contributed by atoms with Crippen molar-refractivity contribution in [2.24, 2.45) is 0 Å². The van der Waals surface area contributed by atoms with Crippen LogP contribution in [0.5, 0.6) is 0 Å². The average Bonchev–Trinajstić information content (AvgIpc) is 3.15. The molecule has 122 valence electrons. The van der Waals surface area contributed by atoms with E-state index in [0.717, 1.165) is 36.0 Å². The van der Waals surface area contributed by atoms with E-state index in [1.54, 1.807) is 18.5 Å². The highest BCUT2D eigenvalue weighted by molar-refractivity contribution is 6.35. The van der Waals surface area contributed by atoms with Gasteiger partial charge in [-0.05, 0) is 31.4 Å². The van der Waals surface area contributed by atoms with E-state index in [2.05, 4.69) is 15.0 Å². The summed E-state index contributed by atoms with van der Waals surface area (Å²) in [4.78, 5) is 26.9. The highest BCUT2D eigenvalue weighted by atomic mass is 35.5. The smallest absolute Gasteiger partial charge is 0.273 e. The Labute approximate surface area is 144 Å². The summed E-state index contributed by atoms with van der Waals surface area (Å²) in [6.45, 7) is 0.705. The Hall–Kier alpha value is -2.40. The molecule has 0 bridgehead atoms. The second kappa shape index (κ2) is 6.24. The summed E-state index contributed by atoms with van der Waals surface area (Å²) in [6.07, 6.45) is 6.49. The maximum absolute atomic E-state index is 13.1. The summed E-state index contributed by atoms with van der Waals surface area (Å²) in [5, 5.41) is 1.41. The first kappa shape index (κ1) is 15.1. The van der Waals surface area contributed by atoms with Crippen LogP contribution in [-0.4, -0.2) is 32.3 Å². The third-order valence-electron chi connectivity index (χ3n) is 4.48. The number of piperidine rings is 1. The van der Waals surface area contributed by atoms with E-state index in [-0.39, 0.29) is 11.9 Å². The lowest BCUT2D eigenvalue weighted by atomic mass is 10.0. The van der Waals surface area contributed by atoms with E-state index >= 15 is 0 Å². The standard InChI is InChI=1S/C18H17ClN4O/c19-13-11-15(22-14-6-2-1-5-12(13)14)18(24)23-10-4-3-7-16(23)17-20-8-9-21-17/h1-2,5-6,8-9,11,16H,3-4,7,10H2,(H,20,21)/t16-/m0/s1. The molecular weight excluding hydrogens is 324 g/mol. The SMILES string of the molecule is O=C(c1cc(Cl)c2ccccc2n1)N1CCCC[C@H]1c1ncc[nH]1. The van der Waals surface area contributed by atoms with Gasteiger partial charge in [0.05, 0.1) is 16.6 Å². The molecular formula is C18H17ClN4O. The number of nitrogens with zero attached hydrogens (tertiary/aromatic N) is 3. The van der Waals surface area contributed by atoms with Crippen LogP contribution in [0.2, 0.25) is 5.02 Å². The second-order valence-electron chi connectivity index (χ2n) is 5.99. The number of pyridine rings is 1. The first-order chi connectivity index (χ1) is 11.7. The number of hydrogen-bond donors (Lipinski definition) is 1. The zero-order valence-corrected chi connectivity index (χ0v) is 13.8. The zero-order chi connectivity index (χ0) is 16.5. The molecule has 5 nitrogen and oxygen atoms in total. The topological polar surface area (TPSA) is 61.9 Å². The summed E-state index contributed by atoms with van der Waals surface area (Å²) in [7, 11) is 0. The number of hydrogen-bond acceptors (Lipinski definition) is 3. The predicted octanol–water partition coefficient (Wildman–Crippen LogP) is 3.98. The lowest BCUT2D eigenvalue weighted by Gasteiger charge is -2.34. The Morgan fingerprint density at radius 3 is 3.00 bits per heavy atom. The highest BCUT2D eigenvalue weighted by Gasteiger charge is 2.31. The van der Waals surface area contributed by atoms with Crippen LogP contribution >= 0.6 is 11.6 Å². The molecule has 6 heteroatoms. The molecule has 1 aliphatic heterocycles. The number of benzene rings is 1. The Morgan fingerprint density at radius 2 is 2.17 bits per heavy atom.